The molecule has 0 saturated heterocycles. The van der Waals surface area contributed by atoms with Crippen molar-refractivity contribution in [1.82, 2.24) is 5.39 Å². The minimum atomic E-state index is 0.608. The van der Waals surface area contributed by atoms with Gasteiger partial charge >= 0.3 is 0 Å². The van der Waals surface area contributed by atoms with Gasteiger partial charge in [0, 0.05) is 0 Å². The first-order valence-corrected chi connectivity index (χ1v) is 7.31. The van der Waals surface area contributed by atoms with Crippen LogP contribution in [0.2, 0.25) is 0 Å². The molecule has 0 radical (unpaired) electrons. The Labute approximate surface area is 135 Å². The second-order valence-electron chi connectivity index (χ2n) is 4.89. The highest BCUT2D eigenvalue weighted by molar-refractivity contribution is 5.31. The SMILES string of the molecule is Cc1ccccc1ON(Oc1ccccc1)Oc1ccccc1. The molecule has 3 aromatic carbocycles. The van der Waals surface area contributed by atoms with Crippen molar-refractivity contribution < 1.29 is 14.5 Å². The van der Waals surface area contributed by atoms with E-state index in [-0.39, 0.29) is 0 Å². The van der Waals surface area contributed by atoms with Crippen LogP contribution in [0, 0.1) is 6.92 Å². The van der Waals surface area contributed by atoms with E-state index in [0.717, 1.165) is 11.0 Å². The van der Waals surface area contributed by atoms with Gasteiger partial charge in [0.2, 0.25) is 5.39 Å². The summed E-state index contributed by atoms with van der Waals surface area (Å²) in [6, 6.07) is 26.3. The van der Waals surface area contributed by atoms with Crippen LogP contribution in [0.3, 0.4) is 0 Å². The fraction of sp³-hybridized carbons (Fsp3) is 0.0526. The summed E-state index contributed by atoms with van der Waals surface area (Å²) in [6.07, 6.45) is 0. The number of hydrogen-bond acceptors (Lipinski definition) is 4. The average molecular weight is 307 g/mol. The van der Waals surface area contributed by atoms with Crippen molar-refractivity contribution >= 4 is 0 Å². The minimum Gasteiger partial charge on any atom is -0.339 e. The molecule has 0 aliphatic rings. The molecule has 0 spiro atoms. The second-order valence-corrected chi connectivity index (χ2v) is 4.89. The van der Waals surface area contributed by atoms with Crippen molar-refractivity contribution in [1.29, 1.82) is 0 Å². The Kier molecular flexibility index (Phi) is 4.76. The fourth-order valence-corrected chi connectivity index (χ4v) is 1.93. The van der Waals surface area contributed by atoms with Crippen molar-refractivity contribution in [3.05, 3.63) is 90.5 Å². The first kappa shape index (κ1) is 14.9. The van der Waals surface area contributed by atoms with Gasteiger partial charge in [-0.2, -0.15) is 0 Å². The third-order valence-electron chi connectivity index (χ3n) is 3.11. The van der Waals surface area contributed by atoms with Crippen LogP contribution < -0.4 is 14.5 Å². The number of rotatable bonds is 6. The van der Waals surface area contributed by atoms with Crippen molar-refractivity contribution in [3.8, 4) is 17.2 Å². The number of nitrogens with zero attached hydrogens (tertiary/aromatic N) is 1. The molecule has 3 rings (SSSR count). The fourth-order valence-electron chi connectivity index (χ4n) is 1.93. The maximum Gasteiger partial charge on any atom is 0.234 e. The van der Waals surface area contributed by atoms with E-state index in [1.54, 1.807) is 0 Å². The Morgan fingerprint density at radius 1 is 0.565 bits per heavy atom. The number of aryl methyl sites for hydroxylation is 1. The molecule has 0 saturated carbocycles. The summed E-state index contributed by atoms with van der Waals surface area (Å²) >= 11 is 0. The summed E-state index contributed by atoms with van der Waals surface area (Å²) < 4.78 is 0. The second kappa shape index (κ2) is 7.33. The molecule has 3 aromatic rings. The molecule has 0 amide bonds. The topological polar surface area (TPSA) is 30.9 Å². The molecule has 0 aliphatic heterocycles. The van der Waals surface area contributed by atoms with E-state index < -0.39 is 0 Å². The molecule has 23 heavy (non-hydrogen) atoms. The van der Waals surface area contributed by atoms with Gasteiger partial charge in [-0.1, -0.05) is 54.6 Å². The summed E-state index contributed by atoms with van der Waals surface area (Å²) in [4.78, 5) is 17.1. The lowest BCUT2D eigenvalue weighted by Gasteiger charge is -2.21. The van der Waals surface area contributed by atoms with Crippen LogP contribution >= 0.6 is 0 Å². The van der Waals surface area contributed by atoms with E-state index in [1.807, 2.05) is 91.9 Å². The van der Waals surface area contributed by atoms with Gasteiger partial charge in [-0.05, 0) is 42.8 Å². The van der Waals surface area contributed by atoms with E-state index in [9.17, 15) is 0 Å². The Balaban J connectivity index is 1.79. The van der Waals surface area contributed by atoms with Crippen LogP contribution in [0.25, 0.3) is 0 Å². The molecule has 0 fully saturated rings. The predicted octanol–water partition coefficient (Wildman–Crippen LogP) is 4.58. The van der Waals surface area contributed by atoms with Gasteiger partial charge in [0.05, 0.1) is 0 Å². The van der Waals surface area contributed by atoms with E-state index in [1.165, 1.54) is 0 Å². The Hall–Kier alpha value is -2.98. The smallest absolute Gasteiger partial charge is 0.234 e. The van der Waals surface area contributed by atoms with Crippen LogP contribution in [0.4, 0.5) is 0 Å². The molecule has 0 aliphatic carbocycles. The molecule has 0 bridgehead atoms. The van der Waals surface area contributed by atoms with Crippen LogP contribution in [-0.4, -0.2) is 5.39 Å². The first-order valence-electron chi connectivity index (χ1n) is 7.31. The molecular formula is C19H17NO3. The van der Waals surface area contributed by atoms with E-state index >= 15 is 0 Å². The number of para-hydroxylation sites is 3. The maximum absolute atomic E-state index is 5.74. The molecular weight excluding hydrogens is 290 g/mol. The largest absolute Gasteiger partial charge is 0.339 e. The van der Waals surface area contributed by atoms with E-state index in [0.29, 0.717) is 17.2 Å². The van der Waals surface area contributed by atoms with Gasteiger partial charge in [0.15, 0.2) is 17.2 Å². The molecule has 0 aromatic heterocycles. The molecule has 0 unspecified atom stereocenters. The quantitative estimate of drug-likeness (QED) is 0.624. The van der Waals surface area contributed by atoms with E-state index in [2.05, 4.69) is 0 Å². The summed E-state index contributed by atoms with van der Waals surface area (Å²) in [5.74, 6) is 1.87. The molecule has 0 heterocycles. The Morgan fingerprint density at radius 3 is 1.57 bits per heavy atom. The van der Waals surface area contributed by atoms with Gasteiger partial charge in [-0.15, -0.1) is 0 Å². The lowest BCUT2D eigenvalue weighted by atomic mass is 10.2. The standard InChI is InChI=1S/C19H17NO3/c1-16-10-8-9-15-19(16)23-20(21-17-11-4-2-5-12-17)22-18-13-6-3-7-14-18/h2-15H,1H3. The molecule has 116 valence electrons. The van der Waals surface area contributed by atoms with Crippen LogP contribution in [0.5, 0.6) is 17.2 Å². The normalized spacial score (nSPS) is 10.3. The van der Waals surface area contributed by atoms with Gasteiger partial charge in [-0.25, -0.2) is 0 Å². The molecule has 4 nitrogen and oxygen atoms in total. The number of hydrogen-bond donors (Lipinski definition) is 0. The van der Waals surface area contributed by atoms with Crippen LogP contribution in [0.15, 0.2) is 84.9 Å². The van der Waals surface area contributed by atoms with Crippen LogP contribution in [-0.2, 0) is 0 Å². The summed E-state index contributed by atoms with van der Waals surface area (Å²) in [7, 11) is 0. The maximum atomic E-state index is 5.74. The third-order valence-corrected chi connectivity index (χ3v) is 3.11. The minimum absolute atomic E-state index is 0.608. The Morgan fingerprint density at radius 2 is 1.04 bits per heavy atom. The molecule has 4 heteroatoms. The monoisotopic (exact) mass is 307 g/mol. The average Bonchev–Trinajstić information content (AvgIpc) is 2.59. The van der Waals surface area contributed by atoms with Crippen molar-refractivity contribution in [2.45, 2.75) is 6.92 Å². The van der Waals surface area contributed by atoms with Crippen molar-refractivity contribution in [2.75, 3.05) is 0 Å². The lowest BCUT2D eigenvalue weighted by molar-refractivity contribution is -0.408. The first-order chi connectivity index (χ1) is 11.3. The lowest BCUT2D eigenvalue weighted by Crippen LogP contribution is -2.34. The highest BCUT2D eigenvalue weighted by Crippen LogP contribution is 2.21. The van der Waals surface area contributed by atoms with Gasteiger partial charge in [-0.3, -0.25) is 0 Å². The molecule has 0 atom stereocenters. The van der Waals surface area contributed by atoms with Gasteiger partial charge in [0.1, 0.15) is 0 Å². The van der Waals surface area contributed by atoms with Crippen LogP contribution in [0.1, 0.15) is 5.56 Å². The summed E-state index contributed by atoms with van der Waals surface area (Å²) in [5, 5.41) is 1.01. The zero-order chi connectivity index (χ0) is 15.9. The van der Waals surface area contributed by atoms with E-state index in [4.69, 9.17) is 14.5 Å². The summed E-state index contributed by atoms with van der Waals surface area (Å²) in [5.41, 5.74) is 0.978. The third kappa shape index (κ3) is 4.25. The van der Waals surface area contributed by atoms with Gasteiger partial charge < -0.3 is 14.5 Å². The Bertz CT molecular complexity index is 690. The van der Waals surface area contributed by atoms with Crippen molar-refractivity contribution in [3.63, 3.8) is 0 Å². The molecule has 0 N–H and O–H groups in total. The predicted molar refractivity (Wildman–Crippen MR) is 87.8 cm³/mol. The highest BCUT2D eigenvalue weighted by atomic mass is 17.2. The zero-order valence-electron chi connectivity index (χ0n) is 12.8. The number of benzene rings is 3. The zero-order valence-corrected chi connectivity index (χ0v) is 12.8. The van der Waals surface area contributed by atoms with Crippen molar-refractivity contribution in [2.24, 2.45) is 0 Å². The highest BCUT2D eigenvalue weighted by Gasteiger charge is 2.14. The van der Waals surface area contributed by atoms with Gasteiger partial charge in [0.25, 0.3) is 0 Å². The summed E-state index contributed by atoms with van der Waals surface area (Å²) in [6.45, 7) is 1.96.